The van der Waals surface area contributed by atoms with Crippen LogP contribution in [-0.2, 0) is 0 Å². The standard InChI is InChI=1S/C14H21N5/c1-11-9-13(19-14(17-11)15-10-16-19)18-12-7-5-3-2-4-6-8-12/h9-10,12,18H,2-8H2,1H3. The van der Waals surface area contributed by atoms with Crippen molar-refractivity contribution in [3.05, 3.63) is 18.1 Å². The fourth-order valence-electron chi connectivity index (χ4n) is 2.84. The first-order valence-electron chi connectivity index (χ1n) is 7.27. The first-order valence-corrected chi connectivity index (χ1v) is 7.27. The van der Waals surface area contributed by atoms with Crippen LogP contribution in [0.4, 0.5) is 5.82 Å². The number of nitrogens with zero attached hydrogens (tertiary/aromatic N) is 4. The van der Waals surface area contributed by atoms with Crippen molar-refractivity contribution in [2.45, 2.75) is 57.9 Å². The van der Waals surface area contributed by atoms with Crippen LogP contribution in [0.15, 0.2) is 12.4 Å². The third-order valence-electron chi connectivity index (χ3n) is 3.84. The van der Waals surface area contributed by atoms with Crippen molar-refractivity contribution in [3.63, 3.8) is 0 Å². The lowest BCUT2D eigenvalue weighted by molar-refractivity contribution is 0.470. The van der Waals surface area contributed by atoms with Gasteiger partial charge in [0.25, 0.3) is 5.78 Å². The van der Waals surface area contributed by atoms with Crippen LogP contribution in [0.1, 0.15) is 50.6 Å². The molecule has 0 radical (unpaired) electrons. The van der Waals surface area contributed by atoms with Crippen molar-refractivity contribution in [1.29, 1.82) is 0 Å². The Bertz CT molecular complexity index is 540. The SMILES string of the molecule is Cc1cc(NC2CCCCCCC2)n2ncnc2n1. The molecule has 2 aromatic rings. The zero-order valence-electron chi connectivity index (χ0n) is 11.5. The minimum atomic E-state index is 0.550. The van der Waals surface area contributed by atoms with Gasteiger partial charge in [-0.15, -0.1) is 0 Å². The molecule has 0 amide bonds. The van der Waals surface area contributed by atoms with Gasteiger partial charge < -0.3 is 5.32 Å². The first-order chi connectivity index (χ1) is 9.33. The number of hydrogen-bond acceptors (Lipinski definition) is 4. The molecule has 0 spiro atoms. The van der Waals surface area contributed by atoms with E-state index in [0.717, 1.165) is 11.5 Å². The Hall–Kier alpha value is -1.65. The second-order valence-electron chi connectivity index (χ2n) is 5.44. The molecule has 1 N–H and O–H groups in total. The third kappa shape index (κ3) is 2.85. The molecule has 1 aliphatic carbocycles. The Labute approximate surface area is 113 Å². The van der Waals surface area contributed by atoms with E-state index in [1.54, 1.807) is 10.8 Å². The summed E-state index contributed by atoms with van der Waals surface area (Å²) in [5, 5.41) is 7.89. The smallest absolute Gasteiger partial charge is 0.254 e. The molecule has 0 aromatic carbocycles. The lowest BCUT2D eigenvalue weighted by Crippen LogP contribution is -2.22. The van der Waals surface area contributed by atoms with Crippen LogP contribution in [0, 0.1) is 6.92 Å². The summed E-state index contributed by atoms with van der Waals surface area (Å²) in [7, 11) is 0. The molecule has 1 fully saturated rings. The summed E-state index contributed by atoms with van der Waals surface area (Å²) in [6, 6.07) is 2.61. The predicted octanol–water partition coefficient (Wildman–Crippen LogP) is 2.96. The van der Waals surface area contributed by atoms with Gasteiger partial charge in [0.2, 0.25) is 0 Å². The summed E-state index contributed by atoms with van der Waals surface area (Å²) >= 11 is 0. The highest BCUT2D eigenvalue weighted by molar-refractivity contribution is 5.45. The molecular formula is C14H21N5. The summed E-state index contributed by atoms with van der Waals surface area (Å²) in [4.78, 5) is 8.54. The van der Waals surface area contributed by atoms with E-state index in [-0.39, 0.29) is 0 Å². The second-order valence-corrected chi connectivity index (χ2v) is 5.44. The van der Waals surface area contributed by atoms with Crippen molar-refractivity contribution in [2.75, 3.05) is 5.32 Å². The fourth-order valence-corrected chi connectivity index (χ4v) is 2.84. The van der Waals surface area contributed by atoms with Gasteiger partial charge in [-0.2, -0.15) is 14.6 Å². The normalized spacial score (nSPS) is 18.2. The predicted molar refractivity (Wildman–Crippen MR) is 75.2 cm³/mol. The molecule has 3 rings (SSSR count). The number of anilines is 1. The van der Waals surface area contributed by atoms with E-state index in [1.807, 2.05) is 6.92 Å². The van der Waals surface area contributed by atoms with Crippen LogP contribution in [0.2, 0.25) is 0 Å². The second kappa shape index (κ2) is 5.55. The molecule has 1 saturated carbocycles. The van der Waals surface area contributed by atoms with Crippen LogP contribution >= 0.6 is 0 Å². The number of nitrogens with one attached hydrogen (secondary N) is 1. The Kier molecular flexibility index (Phi) is 3.62. The van der Waals surface area contributed by atoms with E-state index in [1.165, 1.54) is 44.9 Å². The summed E-state index contributed by atoms with van der Waals surface area (Å²) in [5.41, 5.74) is 0.980. The number of aryl methyl sites for hydroxylation is 1. The number of hydrogen-bond donors (Lipinski definition) is 1. The molecule has 1 aliphatic rings. The van der Waals surface area contributed by atoms with Crippen LogP contribution in [0.5, 0.6) is 0 Å². The molecule has 5 nitrogen and oxygen atoms in total. The highest BCUT2D eigenvalue weighted by Gasteiger charge is 2.13. The Morgan fingerprint density at radius 1 is 1.16 bits per heavy atom. The Balaban J connectivity index is 1.81. The molecule has 0 aliphatic heterocycles. The molecule has 102 valence electrons. The van der Waals surface area contributed by atoms with Crippen molar-refractivity contribution in [2.24, 2.45) is 0 Å². The van der Waals surface area contributed by atoms with E-state index in [4.69, 9.17) is 0 Å². The maximum absolute atomic E-state index is 4.37. The fraction of sp³-hybridized carbons (Fsp3) is 0.643. The van der Waals surface area contributed by atoms with Crippen molar-refractivity contribution >= 4 is 11.6 Å². The van der Waals surface area contributed by atoms with Gasteiger partial charge in [-0.1, -0.05) is 32.1 Å². The molecule has 0 atom stereocenters. The quantitative estimate of drug-likeness (QED) is 0.901. The summed E-state index contributed by atoms with van der Waals surface area (Å²) in [6.45, 7) is 2.00. The minimum absolute atomic E-state index is 0.550. The topological polar surface area (TPSA) is 55.1 Å². The van der Waals surface area contributed by atoms with Crippen LogP contribution in [-0.4, -0.2) is 25.6 Å². The van der Waals surface area contributed by atoms with Gasteiger partial charge in [0.1, 0.15) is 12.1 Å². The van der Waals surface area contributed by atoms with Gasteiger partial charge in [0, 0.05) is 17.8 Å². The maximum atomic E-state index is 4.37. The lowest BCUT2D eigenvalue weighted by atomic mass is 9.97. The number of rotatable bonds is 2. The van der Waals surface area contributed by atoms with Crippen LogP contribution in [0.3, 0.4) is 0 Å². The van der Waals surface area contributed by atoms with Gasteiger partial charge in [-0.25, -0.2) is 4.98 Å². The largest absolute Gasteiger partial charge is 0.367 e. The third-order valence-corrected chi connectivity index (χ3v) is 3.84. The Morgan fingerprint density at radius 2 is 1.89 bits per heavy atom. The monoisotopic (exact) mass is 259 g/mol. The zero-order chi connectivity index (χ0) is 13.1. The molecule has 2 heterocycles. The van der Waals surface area contributed by atoms with Gasteiger partial charge in [-0.3, -0.25) is 0 Å². The molecule has 0 unspecified atom stereocenters. The van der Waals surface area contributed by atoms with Gasteiger partial charge in [-0.05, 0) is 19.8 Å². The molecule has 19 heavy (non-hydrogen) atoms. The van der Waals surface area contributed by atoms with E-state index < -0.39 is 0 Å². The van der Waals surface area contributed by atoms with Gasteiger partial charge >= 0.3 is 0 Å². The van der Waals surface area contributed by atoms with E-state index >= 15 is 0 Å². The van der Waals surface area contributed by atoms with Gasteiger partial charge in [0.15, 0.2) is 0 Å². The molecule has 2 aromatic heterocycles. The molecular weight excluding hydrogens is 238 g/mol. The summed E-state index contributed by atoms with van der Waals surface area (Å²) < 4.78 is 1.80. The average Bonchev–Trinajstić information content (AvgIpc) is 2.80. The molecule has 0 saturated heterocycles. The maximum Gasteiger partial charge on any atom is 0.254 e. The summed E-state index contributed by atoms with van der Waals surface area (Å²) in [5.74, 6) is 1.69. The lowest BCUT2D eigenvalue weighted by Gasteiger charge is -2.22. The van der Waals surface area contributed by atoms with E-state index in [2.05, 4.69) is 26.4 Å². The highest BCUT2D eigenvalue weighted by Crippen LogP contribution is 2.21. The van der Waals surface area contributed by atoms with E-state index in [0.29, 0.717) is 11.8 Å². The molecule has 5 heteroatoms. The Morgan fingerprint density at radius 3 is 2.68 bits per heavy atom. The van der Waals surface area contributed by atoms with Crippen molar-refractivity contribution < 1.29 is 0 Å². The van der Waals surface area contributed by atoms with Crippen LogP contribution in [0.25, 0.3) is 5.78 Å². The number of fused-ring (bicyclic) bond motifs is 1. The average molecular weight is 259 g/mol. The van der Waals surface area contributed by atoms with Crippen molar-refractivity contribution in [1.82, 2.24) is 19.6 Å². The highest BCUT2D eigenvalue weighted by atomic mass is 15.4. The summed E-state index contributed by atoms with van der Waals surface area (Å²) in [6.07, 6.45) is 10.8. The van der Waals surface area contributed by atoms with Crippen molar-refractivity contribution in [3.8, 4) is 0 Å². The van der Waals surface area contributed by atoms with Gasteiger partial charge in [0.05, 0.1) is 0 Å². The molecule has 0 bridgehead atoms. The number of aromatic nitrogens is 4. The van der Waals surface area contributed by atoms with E-state index in [9.17, 15) is 0 Å². The minimum Gasteiger partial charge on any atom is -0.367 e. The first kappa shape index (κ1) is 12.4. The van der Waals surface area contributed by atoms with Crippen LogP contribution < -0.4 is 5.32 Å². The zero-order valence-corrected chi connectivity index (χ0v) is 11.5.